The van der Waals surface area contributed by atoms with E-state index in [1.165, 1.54) is 12.8 Å². The number of nitrogens with zero attached hydrogens (tertiary/aromatic N) is 3. The molecule has 1 aliphatic carbocycles. The molecule has 2 bridgehead atoms. The Morgan fingerprint density at radius 3 is 2.25 bits per heavy atom. The highest BCUT2D eigenvalue weighted by molar-refractivity contribution is 7.85. The van der Waals surface area contributed by atoms with Gasteiger partial charge < -0.3 is 14.5 Å². The molecule has 1 saturated carbocycles. The highest BCUT2D eigenvalue weighted by Crippen LogP contribution is 2.36. The van der Waals surface area contributed by atoms with Gasteiger partial charge in [-0.25, -0.2) is 4.39 Å². The van der Waals surface area contributed by atoms with Gasteiger partial charge in [0.1, 0.15) is 12.5 Å². The van der Waals surface area contributed by atoms with E-state index in [0.29, 0.717) is 44.9 Å². The number of nitrogens with one attached hydrogen (secondary N) is 2. The summed E-state index contributed by atoms with van der Waals surface area (Å²) in [4.78, 5) is 31.8. The molecule has 5 atom stereocenters. The van der Waals surface area contributed by atoms with Gasteiger partial charge in [0.25, 0.3) is 10.1 Å². The number of likely N-dealkylation sites (tertiary alicyclic amines) is 3. The smallest absolute Gasteiger partial charge is 0.264 e. The van der Waals surface area contributed by atoms with Gasteiger partial charge in [-0.05, 0) is 69.6 Å². The van der Waals surface area contributed by atoms with Crippen molar-refractivity contribution in [2.75, 3.05) is 51.6 Å². The van der Waals surface area contributed by atoms with Crippen molar-refractivity contribution in [3.8, 4) is 0 Å². The van der Waals surface area contributed by atoms with E-state index in [0.717, 1.165) is 51.9 Å². The van der Waals surface area contributed by atoms with Gasteiger partial charge in [0, 0.05) is 65.1 Å². The fourth-order valence-corrected chi connectivity index (χ4v) is 8.60. The molecule has 5 rings (SSSR count). The summed E-state index contributed by atoms with van der Waals surface area (Å²) < 4.78 is 51.8. The van der Waals surface area contributed by atoms with E-state index in [4.69, 9.17) is 20.9 Å². The molecular weight excluding hydrogens is 613 g/mol. The summed E-state index contributed by atoms with van der Waals surface area (Å²) in [5.74, 6) is 0.0257. The maximum Gasteiger partial charge on any atom is 0.264 e. The first-order valence-corrected chi connectivity index (χ1v) is 18.7. The molecular formula is C30H51ClFN5O6S. The fraction of sp³-hybridized carbons (Fsp3) is 0.933. The molecule has 11 nitrogen and oxygen atoms in total. The first-order valence-electron chi connectivity index (χ1n) is 16.7. The number of carbonyl (C=O) groups is 2. The summed E-state index contributed by atoms with van der Waals surface area (Å²) in [5, 5.41) is 7.10. The number of unbranched alkanes of at least 4 members (excludes halogenated alkanes) is 1. The van der Waals surface area contributed by atoms with Gasteiger partial charge >= 0.3 is 0 Å². The second-order valence-electron chi connectivity index (χ2n) is 13.6. The summed E-state index contributed by atoms with van der Waals surface area (Å²) in [5.41, 5.74) is 0. The van der Waals surface area contributed by atoms with Crippen molar-refractivity contribution in [2.24, 2.45) is 11.8 Å². The van der Waals surface area contributed by atoms with Crippen LogP contribution in [-0.4, -0.2) is 127 Å². The average Bonchev–Trinajstić information content (AvgIpc) is 3.61. The maximum absolute atomic E-state index is 15.2. The lowest BCUT2D eigenvalue weighted by Gasteiger charge is -2.41. The molecule has 44 heavy (non-hydrogen) atoms. The number of hydrogen-bond acceptors (Lipinski definition) is 8. The van der Waals surface area contributed by atoms with Crippen LogP contribution in [0.15, 0.2) is 0 Å². The minimum Gasteiger partial charge on any atom is -0.378 e. The number of piperidine rings is 1. The monoisotopic (exact) mass is 663 g/mol. The second-order valence-corrected chi connectivity index (χ2v) is 15.8. The molecule has 5 aliphatic rings. The van der Waals surface area contributed by atoms with Crippen LogP contribution >= 0.6 is 11.6 Å². The minimum atomic E-state index is -4.01. The van der Waals surface area contributed by atoms with Crippen LogP contribution in [-0.2, 0) is 24.4 Å². The summed E-state index contributed by atoms with van der Waals surface area (Å²) in [6, 6.07) is -0.0560. The zero-order valence-electron chi connectivity index (χ0n) is 25.8. The van der Waals surface area contributed by atoms with Crippen molar-refractivity contribution in [3.05, 3.63) is 0 Å². The van der Waals surface area contributed by atoms with Crippen molar-refractivity contribution in [1.82, 2.24) is 25.3 Å². The molecule has 252 valence electrons. The Kier molecular flexibility index (Phi) is 12.2. The third kappa shape index (κ3) is 9.48. The van der Waals surface area contributed by atoms with Crippen LogP contribution in [0, 0.1) is 11.8 Å². The van der Waals surface area contributed by atoms with Crippen LogP contribution in [0.3, 0.4) is 0 Å². The molecule has 0 spiro atoms. The van der Waals surface area contributed by atoms with Crippen LogP contribution < -0.4 is 10.6 Å². The second kappa shape index (κ2) is 15.7. The summed E-state index contributed by atoms with van der Waals surface area (Å²) in [7, 11) is -4.01. The normalized spacial score (nSPS) is 33.7. The van der Waals surface area contributed by atoms with Gasteiger partial charge in [-0.3, -0.25) is 29.7 Å². The zero-order chi connectivity index (χ0) is 31.3. The molecule has 0 radical (unpaired) electrons. The van der Waals surface area contributed by atoms with E-state index < -0.39 is 16.3 Å². The van der Waals surface area contributed by atoms with Gasteiger partial charge in [-0.15, -0.1) is 11.6 Å². The lowest BCUT2D eigenvalue weighted by molar-refractivity contribution is -0.141. The first kappa shape index (κ1) is 34.3. The van der Waals surface area contributed by atoms with E-state index in [1.54, 1.807) is 4.90 Å². The zero-order valence-corrected chi connectivity index (χ0v) is 27.3. The number of alkyl halides is 2. The Bertz CT molecular complexity index is 1070. The Morgan fingerprint density at radius 2 is 1.61 bits per heavy atom. The van der Waals surface area contributed by atoms with Crippen LogP contribution in [0.2, 0.25) is 0 Å². The highest BCUT2D eigenvalue weighted by Gasteiger charge is 2.47. The molecule has 4 aliphatic heterocycles. The predicted molar refractivity (Wildman–Crippen MR) is 165 cm³/mol. The SMILES string of the molecule is O=C(CCCCS(=O)(=O)O)N1C[C@@H]2C[C@H]1CN2C(=O)CC1CCC(OCCCC2CCN(C3NCC(Cl)CN3)CC2)CC1F. The van der Waals surface area contributed by atoms with Crippen LogP contribution in [0.4, 0.5) is 4.39 Å². The van der Waals surface area contributed by atoms with E-state index in [2.05, 4.69) is 15.5 Å². The van der Waals surface area contributed by atoms with Gasteiger partial charge in [-0.2, -0.15) is 8.42 Å². The summed E-state index contributed by atoms with van der Waals surface area (Å²) >= 11 is 6.16. The van der Waals surface area contributed by atoms with Gasteiger partial charge in [0.2, 0.25) is 11.8 Å². The van der Waals surface area contributed by atoms with Crippen molar-refractivity contribution >= 4 is 33.5 Å². The van der Waals surface area contributed by atoms with Crippen LogP contribution in [0.5, 0.6) is 0 Å². The molecule has 0 aromatic carbocycles. The van der Waals surface area contributed by atoms with Gasteiger partial charge in [0.05, 0.1) is 29.3 Å². The number of carbonyl (C=O) groups excluding carboxylic acids is 2. The van der Waals surface area contributed by atoms with E-state index in [9.17, 15) is 18.0 Å². The molecule has 3 N–H and O–H groups in total. The van der Waals surface area contributed by atoms with Crippen molar-refractivity contribution in [3.63, 3.8) is 0 Å². The van der Waals surface area contributed by atoms with Crippen molar-refractivity contribution in [2.45, 2.75) is 113 Å². The number of hydrogen-bond donors (Lipinski definition) is 3. The van der Waals surface area contributed by atoms with Gasteiger partial charge in [-0.1, -0.05) is 0 Å². The average molecular weight is 664 g/mol. The number of ether oxygens (including phenoxy) is 1. The van der Waals surface area contributed by atoms with E-state index in [1.807, 2.05) is 4.90 Å². The van der Waals surface area contributed by atoms with Crippen molar-refractivity contribution < 1.29 is 31.7 Å². The third-order valence-corrected chi connectivity index (χ3v) is 11.5. The first-order chi connectivity index (χ1) is 21.1. The van der Waals surface area contributed by atoms with Crippen LogP contribution in [0.25, 0.3) is 0 Å². The molecule has 5 fully saturated rings. The molecule has 2 amide bonds. The predicted octanol–water partition coefficient (Wildman–Crippen LogP) is 2.35. The quantitative estimate of drug-likeness (QED) is 0.154. The van der Waals surface area contributed by atoms with Gasteiger partial charge in [0.15, 0.2) is 0 Å². The molecule has 14 heteroatoms. The summed E-state index contributed by atoms with van der Waals surface area (Å²) in [6.45, 7) is 5.46. The molecule has 0 aromatic rings. The lowest BCUT2D eigenvalue weighted by atomic mass is 9.83. The van der Waals surface area contributed by atoms with E-state index in [-0.39, 0.29) is 72.6 Å². The number of fused-ring (bicyclic) bond motifs is 2. The topological polar surface area (TPSA) is 132 Å². The molecule has 3 unspecified atom stereocenters. The number of amides is 2. The highest BCUT2D eigenvalue weighted by atomic mass is 35.5. The Hall–Kier alpha value is -1.09. The number of rotatable bonds is 13. The third-order valence-electron chi connectivity index (χ3n) is 10.4. The Labute approximate surface area is 266 Å². The molecule has 4 heterocycles. The Morgan fingerprint density at radius 1 is 0.932 bits per heavy atom. The lowest BCUT2D eigenvalue weighted by Crippen LogP contribution is -2.62. The molecule has 0 aromatic heterocycles. The standard InChI is InChI=1S/C30H51ClFN5O6S/c31-23-17-33-30(34-18-23)35-10-8-21(9-11-35)4-3-12-43-26-7-6-22(27(32)16-26)14-29(39)37-20-24-15-25(37)19-36(24)28(38)5-1-2-13-44(40,41)42/h21-27,30,33-34H,1-20H2,(H,40,41,42)/t22?,23?,24-,25-,26?,27?,30?/m0/s1. The van der Waals surface area contributed by atoms with E-state index >= 15 is 4.39 Å². The van der Waals surface area contributed by atoms with Crippen LogP contribution in [0.1, 0.15) is 77.0 Å². The maximum atomic E-state index is 15.2. The number of halogens is 2. The largest absolute Gasteiger partial charge is 0.378 e. The Balaban J connectivity index is 0.925. The molecule has 4 saturated heterocycles. The van der Waals surface area contributed by atoms with Crippen molar-refractivity contribution in [1.29, 1.82) is 0 Å². The minimum absolute atomic E-state index is 0.0193. The fourth-order valence-electron chi connectivity index (χ4n) is 7.85. The number of piperazine rings is 1. The summed E-state index contributed by atoms with van der Waals surface area (Å²) in [6.07, 6.45) is 7.21.